The minimum Gasteiger partial charge on any atom is -0.423 e. The number of allylic oxidation sites excluding steroid dienone is 2. The zero-order chi connectivity index (χ0) is 9.14. The summed E-state index contributed by atoms with van der Waals surface area (Å²) >= 11 is 0. The molecule has 0 aromatic heterocycles. The largest absolute Gasteiger partial charge is 0.487 e. The Bertz CT molecular complexity index is 220. The number of hydrogen-bond donors (Lipinski definition) is 3. The molecule has 3 nitrogen and oxygen atoms in total. The molecule has 0 aromatic carbocycles. The van der Waals surface area contributed by atoms with Gasteiger partial charge in [-0.3, -0.25) is 0 Å². The molecule has 0 aromatic rings. The van der Waals surface area contributed by atoms with E-state index in [-0.39, 0.29) is 0 Å². The monoisotopic (exact) mass is 168 g/mol. The standard InChI is InChI=1S/C8H13BO3/c1-2-6-4-3-5-7(10)8(6)9(11)12/h3-4,7,10-12H,2,5H2,1H3/t7-/m1/s1. The van der Waals surface area contributed by atoms with Gasteiger partial charge in [-0.2, -0.15) is 0 Å². The van der Waals surface area contributed by atoms with E-state index < -0.39 is 13.2 Å². The van der Waals surface area contributed by atoms with Crippen molar-refractivity contribution in [2.45, 2.75) is 25.9 Å². The van der Waals surface area contributed by atoms with Crippen LogP contribution in [-0.2, 0) is 0 Å². The molecule has 0 saturated carbocycles. The Morgan fingerprint density at radius 1 is 1.58 bits per heavy atom. The van der Waals surface area contributed by atoms with Crippen molar-refractivity contribution in [2.24, 2.45) is 0 Å². The molecule has 66 valence electrons. The average Bonchev–Trinajstić information content (AvgIpc) is 2.03. The van der Waals surface area contributed by atoms with Gasteiger partial charge in [-0.25, -0.2) is 0 Å². The van der Waals surface area contributed by atoms with Crippen LogP contribution in [0.15, 0.2) is 23.2 Å². The summed E-state index contributed by atoms with van der Waals surface area (Å²) in [6, 6.07) is 0. The first kappa shape index (κ1) is 9.51. The molecule has 0 fully saturated rings. The lowest BCUT2D eigenvalue weighted by Crippen LogP contribution is -2.28. The smallest absolute Gasteiger partial charge is 0.423 e. The van der Waals surface area contributed by atoms with Crippen molar-refractivity contribution >= 4 is 7.12 Å². The highest BCUT2D eigenvalue weighted by Crippen LogP contribution is 2.22. The van der Waals surface area contributed by atoms with E-state index in [2.05, 4.69) is 0 Å². The van der Waals surface area contributed by atoms with Gasteiger partial charge < -0.3 is 15.2 Å². The lowest BCUT2D eigenvalue weighted by Gasteiger charge is -2.19. The molecule has 0 heterocycles. The Morgan fingerprint density at radius 3 is 2.67 bits per heavy atom. The summed E-state index contributed by atoms with van der Waals surface area (Å²) in [5.41, 5.74) is 1.17. The minimum atomic E-state index is -1.53. The van der Waals surface area contributed by atoms with Crippen molar-refractivity contribution < 1.29 is 15.2 Å². The van der Waals surface area contributed by atoms with Gasteiger partial charge in [0.15, 0.2) is 0 Å². The van der Waals surface area contributed by atoms with E-state index in [1.165, 1.54) is 0 Å². The van der Waals surface area contributed by atoms with Gasteiger partial charge in [-0.15, -0.1) is 0 Å². The van der Waals surface area contributed by atoms with Crippen LogP contribution in [0.25, 0.3) is 0 Å². The molecule has 0 saturated heterocycles. The third-order valence-corrected chi connectivity index (χ3v) is 2.07. The average molecular weight is 168 g/mol. The van der Waals surface area contributed by atoms with Gasteiger partial charge in [0, 0.05) is 0 Å². The summed E-state index contributed by atoms with van der Waals surface area (Å²) < 4.78 is 0. The lowest BCUT2D eigenvalue weighted by molar-refractivity contribution is 0.211. The summed E-state index contributed by atoms with van der Waals surface area (Å²) in [7, 11) is -1.53. The molecule has 0 amide bonds. The Kier molecular flexibility index (Phi) is 3.09. The Morgan fingerprint density at radius 2 is 2.25 bits per heavy atom. The van der Waals surface area contributed by atoms with E-state index in [4.69, 9.17) is 10.0 Å². The van der Waals surface area contributed by atoms with Gasteiger partial charge >= 0.3 is 7.12 Å². The van der Waals surface area contributed by atoms with E-state index in [9.17, 15) is 5.11 Å². The fourth-order valence-corrected chi connectivity index (χ4v) is 1.44. The van der Waals surface area contributed by atoms with Crippen LogP contribution in [0.4, 0.5) is 0 Å². The fraction of sp³-hybridized carbons (Fsp3) is 0.500. The van der Waals surface area contributed by atoms with E-state index in [1.54, 1.807) is 0 Å². The maximum Gasteiger partial charge on any atom is 0.487 e. The van der Waals surface area contributed by atoms with Gasteiger partial charge in [0.05, 0.1) is 6.10 Å². The second-order valence-electron chi connectivity index (χ2n) is 2.86. The SMILES string of the molecule is CCC1=C(B(O)O)[C@H](O)CC=C1. The molecule has 0 unspecified atom stereocenters. The lowest BCUT2D eigenvalue weighted by atomic mass is 9.70. The maximum absolute atomic E-state index is 9.41. The third-order valence-electron chi connectivity index (χ3n) is 2.07. The normalized spacial score (nSPS) is 23.2. The van der Waals surface area contributed by atoms with Crippen LogP contribution in [0.5, 0.6) is 0 Å². The molecule has 1 rings (SSSR count). The summed E-state index contributed by atoms with van der Waals surface area (Å²) in [6.45, 7) is 1.92. The third kappa shape index (κ3) is 1.77. The highest BCUT2D eigenvalue weighted by atomic mass is 16.4. The molecule has 3 N–H and O–H groups in total. The van der Waals surface area contributed by atoms with E-state index in [0.717, 1.165) is 5.57 Å². The molecule has 1 aliphatic carbocycles. The van der Waals surface area contributed by atoms with Crippen molar-refractivity contribution in [3.63, 3.8) is 0 Å². The Balaban J connectivity index is 2.95. The topological polar surface area (TPSA) is 60.7 Å². The van der Waals surface area contributed by atoms with Crippen molar-refractivity contribution in [2.75, 3.05) is 0 Å². The molecule has 0 aliphatic heterocycles. The quantitative estimate of drug-likeness (QED) is 0.509. The summed E-state index contributed by atoms with van der Waals surface area (Å²) in [4.78, 5) is 0. The van der Waals surface area contributed by atoms with Crippen LogP contribution >= 0.6 is 0 Å². The second-order valence-corrected chi connectivity index (χ2v) is 2.86. The maximum atomic E-state index is 9.41. The molecule has 0 spiro atoms. The van der Waals surface area contributed by atoms with Gasteiger partial charge in [0.1, 0.15) is 0 Å². The van der Waals surface area contributed by atoms with E-state index in [0.29, 0.717) is 18.3 Å². The zero-order valence-corrected chi connectivity index (χ0v) is 7.07. The van der Waals surface area contributed by atoms with Gasteiger partial charge in [0.25, 0.3) is 0 Å². The molecular weight excluding hydrogens is 155 g/mol. The van der Waals surface area contributed by atoms with Crippen molar-refractivity contribution in [3.8, 4) is 0 Å². The summed E-state index contributed by atoms with van der Waals surface area (Å²) in [5, 5.41) is 27.3. The first-order valence-electron chi connectivity index (χ1n) is 4.10. The van der Waals surface area contributed by atoms with Crippen LogP contribution in [0.2, 0.25) is 0 Å². The number of rotatable bonds is 2. The van der Waals surface area contributed by atoms with Crippen LogP contribution < -0.4 is 0 Å². The zero-order valence-electron chi connectivity index (χ0n) is 7.07. The molecule has 0 radical (unpaired) electrons. The predicted octanol–water partition coefficient (Wildman–Crippen LogP) is 0.0258. The van der Waals surface area contributed by atoms with Crippen LogP contribution in [0.3, 0.4) is 0 Å². The molecule has 12 heavy (non-hydrogen) atoms. The van der Waals surface area contributed by atoms with Gasteiger partial charge in [-0.05, 0) is 18.3 Å². The number of aliphatic hydroxyl groups excluding tert-OH is 1. The van der Waals surface area contributed by atoms with Crippen molar-refractivity contribution in [1.29, 1.82) is 0 Å². The molecular formula is C8H13BO3. The first-order valence-corrected chi connectivity index (χ1v) is 4.10. The number of aliphatic hydroxyl groups is 1. The highest BCUT2D eigenvalue weighted by molar-refractivity contribution is 6.51. The van der Waals surface area contributed by atoms with Crippen LogP contribution in [-0.4, -0.2) is 28.4 Å². The van der Waals surface area contributed by atoms with E-state index in [1.807, 2.05) is 19.1 Å². The van der Waals surface area contributed by atoms with Gasteiger partial charge in [-0.1, -0.05) is 24.6 Å². The second kappa shape index (κ2) is 3.89. The summed E-state index contributed by atoms with van der Waals surface area (Å²) in [5.74, 6) is 0. The minimum absolute atomic E-state index is 0.347. The van der Waals surface area contributed by atoms with Gasteiger partial charge in [0.2, 0.25) is 0 Å². The Hall–Kier alpha value is -0.575. The molecule has 4 heteroatoms. The molecule has 1 aliphatic rings. The van der Waals surface area contributed by atoms with Crippen LogP contribution in [0.1, 0.15) is 19.8 Å². The molecule has 0 bridgehead atoms. The highest BCUT2D eigenvalue weighted by Gasteiger charge is 2.26. The van der Waals surface area contributed by atoms with E-state index >= 15 is 0 Å². The Labute approximate surface area is 72.2 Å². The predicted molar refractivity (Wildman–Crippen MR) is 47.3 cm³/mol. The van der Waals surface area contributed by atoms with Crippen LogP contribution in [0, 0.1) is 0 Å². The van der Waals surface area contributed by atoms with Crippen molar-refractivity contribution in [1.82, 2.24) is 0 Å². The molecule has 1 atom stereocenters. The van der Waals surface area contributed by atoms with Crippen molar-refractivity contribution in [3.05, 3.63) is 23.2 Å². The summed E-state index contributed by atoms with van der Waals surface area (Å²) in [6.07, 6.45) is 4.12. The first-order chi connectivity index (χ1) is 5.66. The number of hydrogen-bond acceptors (Lipinski definition) is 3. The fourth-order valence-electron chi connectivity index (χ4n) is 1.44.